The predicted octanol–water partition coefficient (Wildman–Crippen LogP) is -5.67. The van der Waals surface area contributed by atoms with Crippen molar-refractivity contribution in [3.8, 4) is 0 Å². The molecule has 534 valence electrons. The van der Waals surface area contributed by atoms with E-state index in [0.29, 0.717) is 49.0 Å². The van der Waals surface area contributed by atoms with E-state index in [1.165, 1.54) is 12.5 Å². The Balaban J connectivity index is 0.753. The van der Waals surface area contributed by atoms with Crippen LogP contribution in [0.3, 0.4) is 0 Å². The van der Waals surface area contributed by atoms with Crippen LogP contribution in [0.25, 0.3) is 0 Å². The standard InChI is InChI=1S/C62H100O31/c1-22-8-13-62(82-19-22)23(2)36-31(93-62)15-29-27-7-6-25-14-26(9-11-60(25,4)28(27)10-12-61(29,36)5)84-59-53(92-56-46(76)41(71)37(67)24(3)83-56)48(78)50(34(18-65)87-59)90-58-49(79)52(40(70)33(17-64)86-58)91-57-47(77)43(73)51(89-55-44(74)38(68)30(66)20-80-55)35(88-57)21-81-54-45(75)42(72)39(69)32(16-63)85-54/h6,22-24,26-59,63-79H,7-21H2,1-5H3/t22-,23-,24-,26-,27+,28-,29-,30+,31-,32+,33+,34+,35+,36-,37-,38-,39+,40+,41+,42-,43+,44+,45+,46+,47+,48-,49+,50+,51+,52-,53+,54+,55-,56-,57-,58-,59+,60-,61-,62+/m0/s1. The molecule has 31 heteroatoms. The van der Waals surface area contributed by atoms with E-state index >= 15 is 0 Å². The highest BCUT2D eigenvalue weighted by atomic mass is 16.8. The van der Waals surface area contributed by atoms with Crippen LogP contribution in [0, 0.1) is 46.3 Å². The van der Waals surface area contributed by atoms with Gasteiger partial charge in [0.15, 0.2) is 43.5 Å². The normalized spacial score (nSPS) is 56.6. The number of aliphatic hydroxyl groups is 17. The Hall–Kier alpha value is -1.50. The van der Waals surface area contributed by atoms with Crippen LogP contribution in [0.4, 0.5) is 0 Å². The van der Waals surface area contributed by atoms with Crippen LogP contribution in [0.2, 0.25) is 0 Å². The molecule has 0 unspecified atom stereocenters. The molecule has 3 saturated carbocycles. The summed E-state index contributed by atoms with van der Waals surface area (Å²) in [6.07, 6.45) is -42.6. The summed E-state index contributed by atoms with van der Waals surface area (Å²) >= 11 is 0. The highest BCUT2D eigenvalue weighted by Gasteiger charge is 2.69. The number of hydrogen-bond acceptors (Lipinski definition) is 31. The van der Waals surface area contributed by atoms with E-state index in [-0.39, 0.29) is 22.9 Å². The lowest BCUT2D eigenvalue weighted by Crippen LogP contribution is -2.68. The van der Waals surface area contributed by atoms with Gasteiger partial charge in [0, 0.05) is 12.3 Å². The average Bonchev–Trinajstić information content (AvgIpc) is 1.56. The maximum atomic E-state index is 12.6. The number of fused-ring (bicyclic) bond motifs is 7. The molecule has 12 aliphatic rings. The van der Waals surface area contributed by atoms with Crippen molar-refractivity contribution in [2.75, 3.05) is 39.6 Å². The second-order valence-electron chi connectivity index (χ2n) is 29.1. The highest BCUT2D eigenvalue weighted by molar-refractivity contribution is 5.27. The van der Waals surface area contributed by atoms with Gasteiger partial charge in [-0.05, 0) is 98.7 Å². The Morgan fingerprint density at radius 3 is 1.80 bits per heavy atom. The van der Waals surface area contributed by atoms with Gasteiger partial charge in [-0.2, -0.15) is 0 Å². The quantitative estimate of drug-likeness (QED) is 0.0641. The van der Waals surface area contributed by atoms with Gasteiger partial charge in [0.05, 0.1) is 58.0 Å². The lowest BCUT2D eigenvalue weighted by Gasteiger charge is -2.59. The molecule has 11 fully saturated rings. The topological polar surface area (TPSA) is 473 Å². The van der Waals surface area contributed by atoms with E-state index in [9.17, 15) is 86.8 Å². The van der Waals surface area contributed by atoms with Gasteiger partial charge in [0.25, 0.3) is 0 Å². The van der Waals surface area contributed by atoms with Gasteiger partial charge in [-0.25, -0.2) is 0 Å². The van der Waals surface area contributed by atoms with Gasteiger partial charge in [-0.3, -0.25) is 0 Å². The van der Waals surface area contributed by atoms with Crippen LogP contribution in [0.1, 0.15) is 92.4 Å². The van der Waals surface area contributed by atoms with Crippen molar-refractivity contribution in [2.45, 2.75) is 289 Å². The predicted molar refractivity (Wildman–Crippen MR) is 306 cm³/mol. The minimum Gasteiger partial charge on any atom is -0.394 e. The minimum absolute atomic E-state index is 0.104. The molecule has 0 amide bonds. The number of hydrogen-bond donors (Lipinski definition) is 17. The third-order valence-corrected chi connectivity index (χ3v) is 23.6. The second kappa shape index (κ2) is 28.1. The van der Waals surface area contributed by atoms with Crippen molar-refractivity contribution in [1.82, 2.24) is 0 Å². The van der Waals surface area contributed by atoms with E-state index in [0.717, 1.165) is 44.9 Å². The van der Waals surface area contributed by atoms with Crippen molar-refractivity contribution in [3.63, 3.8) is 0 Å². The molecule has 0 aromatic heterocycles. The highest BCUT2D eigenvalue weighted by Crippen LogP contribution is 2.71. The molecule has 93 heavy (non-hydrogen) atoms. The van der Waals surface area contributed by atoms with Gasteiger partial charge in [0.2, 0.25) is 0 Å². The van der Waals surface area contributed by atoms with Crippen LogP contribution in [-0.2, 0) is 66.3 Å². The summed E-state index contributed by atoms with van der Waals surface area (Å²) in [5.74, 6) is 2.03. The smallest absolute Gasteiger partial charge is 0.187 e. The molecule has 31 nitrogen and oxygen atoms in total. The summed E-state index contributed by atoms with van der Waals surface area (Å²) in [5, 5.41) is 187. The lowest BCUT2D eigenvalue weighted by molar-refractivity contribution is -0.400. The first-order valence-electron chi connectivity index (χ1n) is 33.3. The Morgan fingerprint density at radius 2 is 1.09 bits per heavy atom. The van der Waals surface area contributed by atoms with Crippen LogP contribution in [0.15, 0.2) is 11.6 Å². The molecule has 4 aliphatic carbocycles. The molecule has 8 saturated heterocycles. The fourth-order valence-corrected chi connectivity index (χ4v) is 18.1. The zero-order valence-corrected chi connectivity index (χ0v) is 52.9. The fourth-order valence-electron chi connectivity index (χ4n) is 18.1. The SMILES string of the molecule is C[C@H]1CC[C@@]2(OC1)O[C@H]1C[C@H]3[C@@H]4CC=C5C[C@@H](O[C@@H]6O[C@H](CO)[C@@H](O[C@@H]7O[C@H](CO)[C@@H](O)[C@H](O[C@@H]8O[C@H](CO[C@@H]9O[C@H](CO)[C@@H](O)[C@H](O)[C@H]9O)[C@@H](O[C@@H]9OC[C@@H](O)[C@H](O)[C@H]9O)[C@H](O)[C@H]8O)[C@H]7O)[C@H](O)[C@H]6O[C@@H]6O[C@@H](C)[C@H](O)[C@@H](O)[C@H]6O)CC[C@]5(C)[C@H]4CC[C@]3(C)[C@H]1[C@@H]2C. The van der Waals surface area contributed by atoms with Crippen molar-refractivity contribution in [1.29, 1.82) is 0 Å². The molecule has 0 aromatic carbocycles. The second-order valence-corrected chi connectivity index (χ2v) is 29.1. The van der Waals surface area contributed by atoms with Gasteiger partial charge in [-0.15, -0.1) is 0 Å². The zero-order valence-electron chi connectivity index (χ0n) is 52.9. The van der Waals surface area contributed by atoms with Crippen molar-refractivity contribution in [3.05, 3.63) is 11.6 Å². The summed E-state index contributed by atoms with van der Waals surface area (Å²) in [4.78, 5) is 0. The zero-order chi connectivity index (χ0) is 66.7. The van der Waals surface area contributed by atoms with Crippen LogP contribution < -0.4 is 0 Å². The maximum absolute atomic E-state index is 12.6. The van der Waals surface area contributed by atoms with E-state index < -0.39 is 223 Å². The number of ether oxygens (including phenoxy) is 14. The molecule has 0 aromatic rings. The largest absolute Gasteiger partial charge is 0.394 e. The fraction of sp³-hybridized carbons (Fsp3) is 0.968. The van der Waals surface area contributed by atoms with E-state index in [1.807, 2.05) is 0 Å². The molecule has 1 spiro atoms. The summed E-state index contributed by atoms with van der Waals surface area (Å²) in [7, 11) is 0. The van der Waals surface area contributed by atoms with Crippen molar-refractivity contribution in [2.24, 2.45) is 46.3 Å². The van der Waals surface area contributed by atoms with Crippen LogP contribution >= 0.6 is 0 Å². The summed E-state index contributed by atoms with van der Waals surface area (Å²) < 4.78 is 85.5. The molecular formula is C62H100O31. The van der Waals surface area contributed by atoms with Crippen molar-refractivity contribution < 1.29 is 153 Å². The number of rotatable bonds is 16. The Bertz CT molecular complexity index is 2520. The van der Waals surface area contributed by atoms with Gasteiger partial charge < -0.3 is 153 Å². The molecule has 0 radical (unpaired) electrons. The summed E-state index contributed by atoms with van der Waals surface area (Å²) in [6.45, 7) is 7.48. The third-order valence-electron chi connectivity index (χ3n) is 23.6. The van der Waals surface area contributed by atoms with Gasteiger partial charge in [-0.1, -0.05) is 39.3 Å². The molecule has 8 heterocycles. The molecule has 12 rings (SSSR count). The van der Waals surface area contributed by atoms with E-state index in [4.69, 9.17) is 66.3 Å². The minimum atomic E-state index is -2.21. The van der Waals surface area contributed by atoms with E-state index in [2.05, 4.69) is 33.8 Å². The van der Waals surface area contributed by atoms with E-state index in [1.54, 1.807) is 0 Å². The van der Waals surface area contributed by atoms with Crippen molar-refractivity contribution >= 4 is 0 Å². The molecular weight excluding hydrogens is 1240 g/mol. The summed E-state index contributed by atoms with van der Waals surface area (Å²) in [6, 6.07) is 0. The maximum Gasteiger partial charge on any atom is 0.187 e. The molecule has 40 atom stereocenters. The third kappa shape index (κ3) is 12.9. The number of aliphatic hydroxyl groups excluding tert-OH is 17. The molecule has 17 N–H and O–H groups in total. The average molecular weight is 1340 g/mol. The molecule has 8 aliphatic heterocycles. The van der Waals surface area contributed by atoms with Gasteiger partial charge >= 0.3 is 0 Å². The first-order valence-corrected chi connectivity index (χ1v) is 33.3. The first-order chi connectivity index (χ1) is 44.2. The number of allylic oxidation sites excluding steroid dienone is 1. The summed E-state index contributed by atoms with van der Waals surface area (Å²) in [5.41, 5.74) is 1.19. The van der Waals surface area contributed by atoms with Crippen LogP contribution in [-0.4, -0.2) is 323 Å². The molecule has 0 bridgehead atoms. The van der Waals surface area contributed by atoms with Gasteiger partial charge in [0.1, 0.15) is 134 Å². The first kappa shape index (κ1) is 71.3. The Labute approximate surface area is 537 Å². The Morgan fingerprint density at radius 1 is 0.495 bits per heavy atom. The van der Waals surface area contributed by atoms with Crippen LogP contribution in [0.5, 0.6) is 0 Å². The Kier molecular flexibility index (Phi) is 21.6. The monoisotopic (exact) mass is 1340 g/mol. The lowest BCUT2D eigenvalue weighted by atomic mass is 9.47.